The van der Waals surface area contributed by atoms with Gasteiger partial charge < -0.3 is 22.0 Å². The van der Waals surface area contributed by atoms with Gasteiger partial charge in [-0.15, -0.1) is 60.4 Å². The largest absolute Gasteiger partial charge is 0.804 e. The van der Waals surface area contributed by atoms with E-state index < -0.39 is 0 Å². The van der Waals surface area contributed by atoms with E-state index in [1.807, 2.05) is 149 Å². The molecule has 0 N–H and O–H groups in total. The van der Waals surface area contributed by atoms with Crippen molar-refractivity contribution in [2.75, 3.05) is 0 Å². The first-order valence-corrected chi connectivity index (χ1v) is 14.0. The Kier molecular flexibility index (Phi) is 16.6. The van der Waals surface area contributed by atoms with E-state index in [0.29, 0.717) is 0 Å². The zero-order valence-corrected chi connectivity index (χ0v) is 27.8. The van der Waals surface area contributed by atoms with Gasteiger partial charge in [0.15, 0.2) is 0 Å². The Morgan fingerprint density at radius 2 is 0.614 bits per heavy atom. The molecular weight excluding hydrogens is 636 g/mol. The van der Waals surface area contributed by atoms with Crippen molar-refractivity contribution in [3.05, 3.63) is 204 Å². The van der Waals surface area contributed by atoms with Crippen molar-refractivity contribution in [2.24, 2.45) is 0 Å². The minimum atomic E-state index is 0. The summed E-state index contributed by atoms with van der Waals surface area (Å²) < 4.78 is 0. The van der Waals surface area contributed by atoms with Gasteiger partial charge in [0.2, 0.25) is 0 Å². The Bertz CT molecular complexity index is 1420. The fourth-order valence-corrected chi connectivity index (χ4v) is 4.17. The molecule has 4 rings (SSSR count). The van der Waals surface area contributed by atoms with Crippen molar-refractivity contribution in [1.82, 2.24) is 0 Å². The summed E-state index contributed by atoms with van der Waals surface area (Å²) >= 11 is 0. The molecule has 2 nitrogen and oxygen atoms in total. The maximum Gasteiger partial charge on any atom is 0 e. The first-order valence-electron chi connectivity index (χ1n) is 14.0. The number of hydrogen-bond donors (Lipinski definition) is 0. The first kappa shape index (κ1) is 38.0. The molecule has 4 aromatic rings. The number of nitrogens with zero attached hydrogens (tertiary/aromatic N) is 2. The van der Waals surface area contributed by atoms with Crippen LogP contribution in [0, 0.1) is 27.7 Å². The van der Waals surface area contributed by atoms with Gasteiger partial charge in [-0.25, -0.2) is 36.1 Å². The third kappa shape index (κ3) is 11.2. The summed E-state index contributed by atoms with van der Waals surface area (Å²) in [6.07, 6.45) is 0. The van der Waals surface area contributed by atoms with Crippen molar-refractivity contribution in [2.45, 2.75) is 27.7 Å². The van der Waals surface area contributed by atoms with E-state index in [9.17, 15) is 0 Å². The van der Waals surface area contributed by atoms with E-state index in [4.69, 9.17) is 10.6 Å². The molecule has 0 atom stereocenters. The molecule has 4 aromatic carbocycles. The predicted molar refractivity (Wildman–Crippen MR) is 184 cm³/mol. The van der Waals surface area contributed by atoms with Crippen LogP contribution >= 0.6 is 0 Å². The van der Waals surface area contributed by atoms with Crippen molar-refractivity contribution in [3.8, 4) is 0 Å². The van der Waals surface area contributed by atoms with Crippen LogP contribution in [-0.2, 0) is 34.1 Å². The molecule has 0 heterocycles. The van der Waals surface area contributed by atoms with E-state index in [-0.39, 0.29) is 34.1 Å². The van der Waals surface area contributed by atoms with Crippen molar-refractivity contribution in [3.63, 3.8) is 0 Å². The van der Waals surface area contributed by atoms with Gasteiger partial charge in [-0.3, -0.25) is 11.4 Å². The molecule has 0 aromatic heterocycles. The summed E-state index contributed by atoms with van der Waals surface area (Å²) in [4.78, 5) is 0. The van der Waals surface area contributed by atoms with Crippen molar-refractivity contribution >= 4 is 22.5 Å². The van der Waals surface area contributed by atoms with Gasteiger partial charge in [0.1, 0.15) is 0 Å². The van der Waals surface area contributed by atoms with Gasteiger partial charge in [0.25, 0.3) is 0 Å². The SMILES string of the molecule is [CH2-]/C(C)=C(\[N-]/C(C)=C(\[CH2-])c1ccccc1)c1ccccc1.[CH2-]/C(C)=C(\[N-]/C(C)=C(\[CH2-])c1ccccc1)c1ccccc1.[Cu].[Cu]. The van der Waals surface area contributed by atoms with Crippen LogP contribution < -0.4 is 0 Å². The minimum absolute atomic E-state index is 0. The predicted octanol–water partition coefficient (Wildman–Crippen LogP) is 11.8. The third-order valence-corrected chi connectivity index (χ3v) is 6.58. The summed E-state index contributed by atoms with van der Waals surface area (Å²) in [5, 5.41) is 9.51. The van der Waals surface area contributed by atoms with Gasteiger partial charge in [-0.2, -0.15) is 13.8 Å². The minimum Gasteiger partial charge on any atom is -0.804 e. The van der Waals surface area contributed by atoms with E-state index >= 15 is 0 Å². The smallest absolute Gasteiger partial charge is 0 e. The second-order valence-corrected chi connectivity index (χ2v) is 10.1. The third-order valence-electron chi connectivity index (χ3n) is 6.58. The van der Waals surface area contributed by atoms with Gasteiger partial charge in [0, 0.05) is 34.1 Å². The molecule has 2 radical (unpaired) electrons. The normalized spacial score (nSPS) is 12.6. The average Bonchev–Trinajstić information content (AvgIpc) is 3.03. The van der Waals surface area contributed by atoms with Crippen LogP contribution in [0.1, 0.15) is 49.9 Å². The van der Waals surface area contributed by atoms with Gasteiger partial charge >= 0.3 is 0 Å². The zero-order valence-electron chi connectivity index (χ0n) is 25.9. The molecule has 0 bridgehead atoms. The molecule has 0 fully saturated rings. The van der Waals surface area contributed by atoms with Crippen LogP contribution in [0.4, 0.5) is 0 Å². The topological polar surface area (TPSA) is 28.2 Å². The van der Waals surface area contributed by atoms with E-state index in [2.05, 4.69) is 27.7 Å². The summed E-state index contributed by atoms with van der Waals surface area (Å²) in [6, 6.07) is 40.4. The maximum atomic E-state index is 4.76. The van der Waals surface area contributed by atoms with Gasteiger partial charge in [-0.1, -0.05) is 111 Å². The molecule has 44 heavy (non-hydrogen) atoms. The fourth-order valence-electron chi connectivity index (χ4n) is 4.17. The van der Waals surface area contributed by atoms with Gasteiger partial charge in [0.05, 0.1) is 0 Å². The standard InChI is InChI=1S/2C20H20N.2Cu/c2*1-15(2)20(19-13-9-6-10-14-19)21-17(4)16(3)18-11-7-5-8-12-18;;/h2*5-14H,1,3H2,2,4H3;;/q2*-3;;/b2*17-16+,20-15+;;. The first-order chi connectivity index (χ1) is 20.2. The Hall–Kier alpha value is -4.04. The summed E-state index contributed by atoms with van der Waals surface area (Å²) in [6.45, 7) is 24.3. The quantitative estimate of drug-likeness (QED) is 0.131. The fraction of sp³-hybridized carbons (Fsp3) is 0.100. The number of allylic oxidation sites excluding steroid dienone is 6. The van der Waals surface area contributed by atoms with Crippen LogP contribution in [0.3, 0.4) is 0 Å². The Balaban J connectivity index is 0.000000421. The molecule has 4 heteroatoms. The molecule has 0 aliphatic carbocycles. The Morgan fingerprint density at radius 1 is 0.386 bits per heavy atom. The zero-order chi connectivity index (χ0) is 30.5. The molecule has 0 saturated heterocycles. The van der Waals surface area contributed by atoms with E-state index in [0.717, 1.165) is 67.3 Å². The second-order valence-electron chi connectivity index (χ2n) is 10.1. The summed E-state index contributed by atoms with van der Waals surface area (Å²) in [7, 11) is 0. The van der Waals surface area contributed by atoms with Crippen LogP contribution in [0.25, 0.3) is 33.2 Å². The number of rotatable bonds is 8. The molecule has 0 unspecified atom stereocenters. The molecule has 0 aliphatic heterocycles. The average molecular weight is 676 g/mol. The Morgan fingerprint density at radius 3 is 0.841 bits per heavy atom. The molecule has 0 spiro atoms. The van der Waals surface area contributed by atoms with E-state index in [1.54, 1.807) is 0 Å². The van der Waals surface area contributed by atoms with Crippen LogP contribution in [0.2, 0.25) is 0 Å². The molecule has 0 saturated carbocycles. The molecular formula is C40H40Cu2N2-6. The van der Waals surface area contributed by atoms with Gasteiger partial charge in [-0.05, 0) is 0 Å². The van der Waals surface area contributed by atoms with Crippen molar-refractivity contribution < 1.29 is 34.1 Å². The van der Waals surface area contributed by atoms with E-state index in [1.165, 1.54) is 0 Å². The molecule has 0 aliphatic rings. The Labute approximate surface area is 287 Å². The van der Waals surface area contributed by atoms with Crippen molar-refractivity contribution in [1.29, 1.82) is 0 Å². The summed E-state index contributed by atoms with van der Waals surface area (Å²) in [5.74, 6) is 0. The van der Waals surface area contributed by atoms with Crippen LogP contribution in [0.5, 0.6) is 0 Å². The maximum absolute atomic E-state index is 4.76. The number of hydrogen-bond acceptors (Lipinski definition) is 0. The molecule has 0 amide bonds. The number of benzene rings is 4. The van der Waals surface area contributed by atoms with Crippen LogP contribution in [-0.4, -0.2) is 0 Å². The summed E-state index contributed by atoms with van der Waals surface area (Å²) in [5.41, 5.74) is 11.7. The van der Waals surface area contributed by atoms with Crippen LogP contribution in [0.15, 0.2) is 144 Å². The molecule has 238 valence electrons. The second kappa shape index (κ2) is 19.3. The monoisotopic (exact) mass is 674 g/mol.